The van der Waals surface area contributed by atoms with Crippen molar-refractivity contribution in [1.82, 2.24) is 20.5 Å². The number of benzene rings is 1. The molecule has 0 radical (unpaired) electrons. The predicted octanol–water partition coefficient (Wildman–Crippen LogP) is 1.38. The Bertz CT molecular complexity index is 583. The van der Waals surface area contributed by atoms with E-state index in [2.05, 4.69) is 20.5 Å². The number of nitrogens with one attached hydrogen (secondary N) is 2. The van der Waals surface area contributed by atoms with Crippen molar-refractivity contribution >= 4 is 5.91 Å². The third-order valence-corrected chi connectivity index (χ3v) is 3.32. The lowest BCUT2D eigenvalue weighted by atomic mass is 10.0. The first-order valence-electron chi connectivity index (χ1n) is 6.68. The Kier molecular flexibility index (Phi) is 3.62. The summed E-state index contributed by atoms with van der Waals surface area (Å²) in [6.07, 6.45) is 3.40. The van der Waals surface area contributed by atoms with Gasteiger partial charge >= 0.3 is 0 Å². The molecule has 0 spiro atoms. The summed E-state index contributed by atoms with van der Waals surface area (Å²) in [4.78, 5) is 16.0. The maximum absolute atomic E-state index is 12.1. The maximum Gasteiger partial charge on any atom is 0.228 e. The highest BCUT2D eigenvalue weighted by Crippen LogP contribution is 2.31. The fourth-order valence-electron chi connectivity index (χ4n) is 2.39. The lowest BCUT2D eigenvalue weighted by Gasteiger charge is -2.18. The third kappa shape index (κ3) is 2.79. The summed E-state index contributed by atoms with van der Waals surface area (Å²) in [6, 6.07) is 7.83. The number of carbonyl (C=O) groups excluding carboxylic acids is 1. The van der Waals surface area contributed by atoms with Crippen molar-refractivity contribution in [3.8, 4) is 5.75 Å². The van der Waals surface area contributed by atoms with Crippen LogP contribution in [0.5, 0.6) is 5.75 Å². The lowest BCUT2D eigenvalue weighted by Crippen LogP contribution is -2.30. The summed E-state index contributed by atoms with van der Waals surface area (Å²) in [5, 5.41) is 9.47. The van der Waals surface area contributed by atoms with Crippen LogP contribution in [-0.2, 0) is 11.2 Å². The molecule has 0 aliphatic carbocycles. The van der Waals surface area contributed by atoms with Crippen molar-refractivity contribution in [2.45, 2.75) is 25.3 Å². The predicted molar refractivity (Wildman–Crippen MR) is 72.1 cm³/mol. The molecule has 1 aromatic carbocycles. The van der Waals surface area contributed by atoms with E-state index in [4.69, 9.17) is 4.74 Å². The van der Waals surface area contributed by atoms with Gasteiger partial charge in [-0.3, -0.25) is 9.89 Å². The van der Waals surface area contributed by atoms with Crippen LogP contribution in [0.4, 0.5) is 0 Å². The molecule has 1 aliphatic rings. The maximum atomic E-state index is 12.1. The van der Waals surface area contributed by atoms with Crippen LogP contribution in [0.2, 0.25) is 0 Å². The second-order valence-electron chi connectivity index (χ2n) is 4.76. The second kappa shape index (κ2) is 5.73. The van der Waals surface area contributed by atoms with Crippen LogP contribution in [0, 0.1) is 0 Å². The quantitative estimate of drug-likeness (QED) is 0.884. The van der Waals surface area contributed by atoms with Crippen LogP contribution in [0.15, 0.2) is 30.6 Å². The molecule has 6 nitrogen and oxygen atoms in total. The molecule has 0 bridgehead atoms. The number of aromatic amines is 1. The van der Waals surface area contributed by atoms with Crippen molar-refractivity contribution in [2.75, 3.05) is 6.61 Å². The monoisotopic (exact) mass is 272 g/mol. The molecule has 0 fully saturated rings. The summed E-state index contributed by atoms with van der Waals surface area (Å²) in [5.74, 6) is 1.36. The molecule has 2 heterocycles. The van der Waals surface area contributed by atoms with Gasteiger partial charge in [0.05, 0.1) is 19.1 Å². The molecule has 1 amide bonds. The van der Waals surface area contributed by atoms with E-state index in [1.54, 1.807) is 0 Å². The normalized spacial score (nSPS) is 17.7. The number of ether oxygens (including phenoxy) is 1. The van der Waals surface area contributed by atoms with Crippen molar-refractivity contribution in [1.29, 1.82) is 0 Å². The molecule has 0 saturated carbocycles. The molecule has 104 valence electrons. The summed E-state index contributed by atoms with van der Waals surface area (Å²) in [7, 11) is 0. The molecule has 0 unspecified atom stereocenters. The first-order chi connectivity index (χ1) is 9.83. The largest absolute Gasteiger partial charge is 0.493 e. The summed E-state index contributed by atoms with van der Waals surface area (Å²) >= 11 is 0. The Hall–Kier alpha value is -2.37. The van der Waals surface area contributed by atoms with E-state index >= 15 is 0 Å². The topological polar surface area (TPSA) is 79.9 Å². The van der Waals surface area contributed by atoms with Gasteiger partial charge in [-0.25, -0.2) is 4.98 Å². The number of hydrogen-bond donors (Lipinski definition) is 2. The second-order valence-corrected chi connectivity index (χ2v) is 4.76. The Labute approximate surface area is 116 Å². The van der Waals surface area contributed by atoms with E-state index in [9.17, 15) is 4.79 Å². The molecule has 1 aromatic heterocycles. The zero-order valence-corrected chi connectivity index (χ0v) is 11.0. The van der Waals surface area contributed by atoms with E-state index in [1.807, 2.05) is 24.3 Å². The smallest absolute Gasteiger partial charge is 0.228 e. The van der Waals surface area contributed by atoms with Crippen LogP contribution in [0.1, 0.15) is 30.3 Å². The summed E-state index contributed by atoms with van der Waals surface area (Å²) in [5.41, 5.74) is 1.04. The average molecular weight is 272 g/mol. The van der Waals surface area contributed by atoms with Crippen molar-refractivity contribution in [2.24, 2.45) is 0 Å². The standard InChI is InChI=1S/C14H16N4O2/c19-14(8-13-15-9-16-18-13)17-11-5-3-7-20-12-6-2-1-4-10(11)12/h1-2,4,6,9,11H,3,5,7-8H2,(H,17,19)(H,15,16,18)/t11-/m1/s1. The molecule has 0 saturated heterocycles. The molecular weight excluding hydrogens is 256 g/mol. The number of rotatable bonds is 3. The Morgan fingerprint density at radius 1 is 1.45 bits per heavy atom. The third-order valence-electron chi connectivity index (χ3n) is 3.32. The summed E-state index contributed by atoms with van der Waals surface area (Å²) in [6.45, 7) is 0.686. The van der Waals surface area contributed by atoms with Gasteiger partial charge in [0.15, 0.2) is 0 Å². The first kappa shape index (κ1) is 12.7. The minimum absolute atomic E-state index is 0.0101. The van der Waals surface area contributed by atoms with E-state index in [1.165, 1.54) is 6.33 Å². The van der Waals surface area contributed by atoms with Crippen LogP contribution in [0.3, 0.4) is 0 Å². The minimum atomic E-state index is -0.0662. The molecule has 20 heavy (non-hydrogen) atoms. The fourth-order valence-corrected chi connectivity index (χ4v) is 2.39. The van der Waals surface area contributed by atoms with E-state index in [0.717, 1.165) is 24.2 Å². The van der Waals surface area contributed by atoms with Crippen LogP contribution in [0.25, 0.3) is 0 Å². The number of nitrogens with zero attached hydrogens (tertiary/aromatic N) is 2. The number of fused-ring (bicyclic) bond motifs is 1. The minimum Gasteiger partial charge on any atom is -0.493 e. The van der Waals surface area contributed by atoms with Gasteiger partial charge in [-0.1, -0.05) is 18.2 Å². The van der Waals surface area contributed by atoms with E-state index in [-0.39, 0.29) is 18.4 Å². The SMILES string of the molecule is O=C(Cc1ncn[nH]1)N[C@@H]1CCCOc2ccccc21. The van der Waals surface area contributed by atoms with Crippen molar-refractivity contribution in [3.05, 3.63) is 42.0 Å². The van der Waals surface area contributed by atoms with Gasteiger partial charge in [0.25, 0.3) is 0 Å². The van der Waals surface area contributed by atoms with Gasteiger partial charge < -0.3 is 10.1 Å². The molecule has 2 aromatic rings. The van der Waals surface area contributed by atoms with Gasteiger partial charge in [0, 0.05) is 5.56 Å². The lowest BCUT2D eigenvalue weighted by molar-refractivity contribution is -0.121. The number of aromatic nitrogens is 3. The van der Waals surface area contributed by atoms with Gasteiger partial charge in [0.2, 0.25) is 5.91 Å². The van der Waals surface area contributed by atoms with Gasteiger partial charge in [-0.05, 0) is 18.9 Å². The summed E-state index contributed by atoms with van der Waals surface area (Å²) < 4.78 is 5.69. The van der Waals surface area contributed by atoms with Gasteiger partial charge in [-0.2, -0.15) is 5.10 Å². The molecule has 1 atom stereocenters. The highest BCUT2D eigenvalue weighted by Gasteiger charge is 2.21. The van der Waals surface area contributed by atoms with Crippen molar-refractivity contribution in [3.63, 3.8) is 0 Å². The van der Waals surface area contributed by atoms with Gasteiger partial charge in [-0.15, -0.1) is 0 Å². The number of hydrogen-bond acceptors (Lipinski definition) is 4. The molecule has 1 aliphatic heterocycles. The fraction of sp³-hybridized carbons (Fsp3) is 0.357. The Morgan fingerprint density at radius 3 is 3.20 bits per heavy atom. The Balaban J connectivity index is 1.72. The molecule has 2 N–H and O–H groups in total. The molecule has 3 rings (SSSR count). The number of H-pyrrole nitrogens is 1. The van der Waals surface area contributed by atoms with Crippen molar-refractivity contribution < 1.29 is 9.53 Å². The van der Waals surface area contributed by atoms with Crippen LogP contribution >= 0.6 is 0 Å². The number of para-hydroxylation sites is 1. The Morgan fingerprint density at radius 2 is 2.35 bits per heavy atom. The first-order valence-corrected chi connectivity index (χ1v) is 6.68. The number of carbonyl (C=O) groups is 1. The van der Waals surface area contributed by atoms with Crippen LogP contribution in [-0.4, -0.2) is 27.7 Å². The van der Waals surface area contributed by atoms with E-state index in [0.29, 0.717) is 12.4 Å². The number of amides is 1. The highest BCUT2D eigenvalue weighted by molar-refractivity contribution is 5.78. The zero-order chi connectivity index (χ0) is 13.8. The highest BCUT2D eigenvalue weighted by atomic mass is 16.5. The van der Waals surface area contributed by atoms with E-state index < -0.39 is 0 Å². The van der Waals surface area contributed by atoms with Crippen LogP contribution < -0.4 is 10.1 Å². The average Bonchev–Trinajstić information content (AvgIpc) is 2.87. The van der Waals surface area contributed by atoms with Gasteiger partial charge in [0.1, 0.15) is 17.9 Å². The molecular formula is C14H16N4O2. The molecule has 6 heteroatoms. The zero-order valence-electron chi connectivity index (χ0n) is 11.0.